The zero-order valence-corrected chi connectivity index (χ0v) is 15.3. The summed E-state index contributed by atoms with van der Waals surface area (Å²) in [6, 6.07) is 6.05. The van der Waals surface area contributed by atoms with Crippen molar-refractivity contribution in [2.24, 2.45) is 5.92 Å². The molecule has 1 unspecified atom stereocenters. The van der Waals surface area contributed by atoms with Gasteiger partial charge in [-0.15, -0.1) is 0 Å². The number of hydrogen-bond donors (Lipinski definition) is 2. The quantitative estimate of drug-likeness (QED) is 0.631. The monoisotopic (exact) mass is 376 g/mol. The zero-order valence-electron chi connectivity index (χ0n) is 12.2. The van der Waals surface area contributed by atoms with E-state index < -0.39 is 0 Å². The highest BCUT2D eigenvalue weighted by molar-refractivity contribution is 9.10. The van der Waals surface area contributed by atoms with Crippen molar-refractivity contribution in [3.63, 3.8) is 0 Å². The molecule has 0 aliphatic heterocycles. The van der Waals surface area contributed by atoms with Crippen LogP contribution in [0, 0.1) is 5.92 Å². The molecule has 0 spiro atoms. The van der Waals surface area contributed by atoms with E-state index in [-0.39, 0.29) is 0 Å². The lowest BCUT2D eigenvalue weighted by Gasteiger charge is -2.18. The Morgan fingerprint density at radius 1 is 1.30 bits per heavy atom. The maximum absolute atomic E-state index is 6.15. The van der Waals surface area contributed by atoms with E-state index in [4.69, 9.17) is 23.8 Å². The van der Waals surface area contributed by atoms with E-state index in [1.807, 2.05) is 18.2 Å². The summed E-state index contributed by atoms with van der Waals surface area (Å²) in [5.74, 6) is 0.758. The van der Waals surface area contributed by atoms with Crippen LogP contribution < -0.4 is 10.6 Å². The first-order valence-corrected chi connectivity index (χ1v) is 8.49. The Morgan fingerprint density at radius 3 is 2.60 bits per heavy atom. The van der Waals surface area contributed by atoms with E-state index in [1.54, 1.807) is 0 Å². The fourth-order valence-corrected chi connectivity index (χ4v) is 2.91. The average Bonchev–Trinajstić information content (AvgIpc) is 2.32. The van der Waals surface area contributed by atoms with Crippen LogP contribution in [0.15, 0.2) is 22.7 Å². The van der Waals surface area contributed by atoms with E-state index in [2.05, 4.69) is 47.3 Å². The van der Waals surface area contributed by atoms with Gasteiger partial charge < -0.3 is 10.6 Å². The predicted molar refractivity (Wildman–Crippen MR) is 96.7 cm³/mol. The minimum absolute atomic E-state index is 0.364. The Labute approximate surface area is 140 Å². The van der Waals surface area contributed by atoms with Gasteiger partial charge in [0.15, 0.2) is 5.11 Å². The van der Waals surface area contributed by atoms with Gasteiger partial charge in [-0.2, -0.15) is 0 Å². The van der Waals surface area contributed by atoms with Crippen molar-refractivity contribution in [1.82, 2.24) is 5.32 Å². The van der Waals surface area contributed by atoms with Crippen LogP contribution in [-0.4, -0.2) is 11.2 Å². The molecule has 1 atom stereocenters. The molecule has 2 N–H and O–H groups in total. The summed E-state index contributed by atoms with van der Waals surface area (Å²) < 4.78 is 0.953. The van der Waals surface area contributed by atoms with E-state index in [1.165, 1.54) is 12.8 Å². The molecule has 0 saturated carbocycles. The van der Waals surface area contributed by atoms with Crippen molar-refractivity contribution >= 4 is 50.5 Å². The minimum atomic E-state index is 0.364. The maximum Gasteiger partial charge on any atom is 0.171 e. The van der Waals surface area contributed by atoms with Gasteiger partial charge in [-0.3, -0.25) is 0 Å². The Bertz CT molecular complexity index is 451. The zero-order chi connectivity index (χ0) is 15.1. The lowest BCUT2D eigenvalue weighted by Crippen LogP contribution is -2.35. The van der Waals surface area contributed by atoms with Crippen LogP contribution >= 0.6 is 39.7 Å². The molecule has 2 nitrogen and oxygen atoms in total. The second kappa shape index (κ2) is 8.85. The molecule has 20 heavy (non-hydrogen) atoms. The summed E-state index contributed by atoms with van der Waals surface area (Å²) in [7, 11) is 0. The molecule has 112 valence electrons. The molecule has 0 saturated heterocycles. The fourth-order valence-electron chi connectivity index (χ4n) is 1.88. The van der Waals surface area contributed by atoms with Crippen LogP contribution in [-0.2, 0) is 0 Å². The summed E-state index contributed by atoms with van der Waals surface area (Å²) in [6.45, 7) is 6.65. The third kappa shape index (κ3) is 6.91. The largest absolute Gasteiger partial charge is 0.360 e. The number of thiocarbonyl (C=S) groups is 1. The number of anilines is 1. The third-order valence-corrected chi connectivity index (χ3v) is 4.00. The highest BCUT2D eigenvalue weighted by Crippen LogP contribution is 2.25. The SMILES string of the molecule is CC(C)CCCC(C)NC(=S)Nc1ccc(Br)cc1Cl. The van der Waals surface area contributed by atoms with Gasteiger partial charge in [0.25, 0.3) is 0 Å². The molecule has 0 radical (unpaired) electrons. The van der Waals surface area contributed by atoms with Gasteiger partial charge in [0.1, 0.15) is 0 Å². The van der Waals surface area contributed by atoms with Gasteiger partial charge in [-0.05, 0) is 49.7 Å². The standard InChI is InChI=1S/C15H22BrClN2S/c1-10(2)5-4-6-11(3)18-15(20)19-14-8-7-12(16)9-13(14)17/h7-11H,4-6H2,1-3H3,(H2,18,19,20). The fraction of sp³-hybridized carbons (Fsp3) is 0.533. The number of halogens is 2. The Hall–Kier alpha value is -0.320. The first-order chi connectivity index (χ1) is 9.38. The van der Waals surface area contributed by atoms with Crippen molar-refractivity contribution in [1.29, 1.82) is 0 Å². The van der Waals surface area contributed by atoms with Gasteiger partial charge in [0.2, 0.25) is 0 Å². The molecular weight excluding hydrogens is 356 g/mol. The van der Waals surface area contributed by atoms with E-state index in [0.29, 0.717) is 16.2 Å². The first-order valence-electron chi connectivity index (χ1n) is 6.91. The van der Waals surface area contributed by atoms with Gasteiger partial charge in [-0.25, -0.2) is 0 Å². The van der Waals surface area contributed by atoms with Crippen LogP contribution in [0.25, 0.3) is 0 Å². The van der Waals surface area contributed by atoms with Crippen LogP contribution in [0.5, 0.6) is 0 Å². The Kier molecular flexibility index (Phi) is 7.85. The van der Waals surface area contributed by atoms with E-state index in [0.717, 1.165) is 22.5 Å². The number of nitrogens with one attached hydrogen (secondary N) is 2. The van der Waals surface area contributed by atoms with Crippen molar-refractivity contribution in [2.45, 2.75) is 46.1 Å². The second-order valence-electron chi connectivity index (χ2n) is 5.45. The Balaban J connectivity index is 2.39. The lowest BCUT2D eigenvalue weighted by atomic mass is 10.0. The molecule has 0 aliphatic rings. The summed E-state index contributed by atoms with van der Waals surface area (Å²) in [5, 5.41) is 7.69. The summed E-state index contributed by atoms with van der Waals surface area (Å²) >= 11 is 14.8. The molecule has 0 amide bonds. The summed E-state index contributed by atoms with van der Waals surface area (Å²) in [4.78, 5) is 0. The molecule has 0 heterocycles. The smallest absolute Gasteiger partial charge is 0.171 e. The maximum atomic E-state index is 6.15. The number of rotatable bonds is 6. The van der Waals surface area contributed by atoms with Crippen LogP contribution in [0.3, 0.4) is 0 Å². The summed E-state index contributed by atoms with van der Waals surface area (Å²) in [6.07, 6.45) is 3.59. The van der Waals surface area contributed by atoms with E-state index >= 15 is 0 Å². The first kappa shape index (κ1) is 17.7. The number of benzene rings is 1. The highest BCUT2D eigenvalue weighted by Gasteiger charge is 2.07. The molecule has 0 fully saturated rings. The van der Waals surface area contributed by atoms with Crippen molar-refractivity contribution in [3.05, 3.63) is 27.7 Å². The lowest BCUT2D eigenvalue weighted by molar-refractivity contribution is 0.495. The summed E-state index contributed by atoms with van der Waals surface area (Å²) in [5.41, 5.74) is 0.821. The van der Waals surface area contributed by atoms with Crippen LogP contribution in [0.2, 0.25) is 5.02 Å². The van der Waals surface area contributed by atoms with Gasteiger partial charge in [0, 0.05) is 10.5 Å². The second-order valence-corrected chi connectivity index (χ2v) is 7.18. The van der Waals surface area contributed by atoms with Crippen LogP contribution in [0.1, 0.15) is 40.0 Å². The molecule has 1 rings (SSSR count). The average molecular weight is 378 g/mol. The van der Waals surface area contributed by atoms with Crippen molar-refractivity contribution in [3.8, 4) is 0 Å². The predicted octanol–water partition coefficient (Wildman–Crippen LogP) is 5.60. The topological polar surface area (TPSA) is 24.1 Å². The van der Waals surface area contributed by atoms with Gasteiger partial charge >= 0.3 is 0 Å². The van der Waals surface area contributed by atoms with Gasteiger partial charge in [0.05, 0.1) is 10.7 Å². The minimum Gasteiger partial charge on any atom is -0.360 e. The molecule has 1 aromatic rings. The molecule has 0 aliphatic carbocycles. The highest BCUT2D eigenvalue weighted by atomic mass is 79.9. The third-order valence-electron chi connectivity index (χ3n) is 2.98. The van der Waals surface area contributed by atoms with Crippen molar-refractivity contribution < 1.29 is 0 Å². The molecule has 0 aromatic heterocycles. The van der Waals surface area contributed by atoms with Gasteiger partial charge in [-0.1, -0.05) is 54.2 Å². The molecule has 0 bridgehead atoms. The van der Waals surface area contributed by atoms with Crippen LogP contribution in [0.4, 0.5) is 5.69 Å². The number of hydrogen-bond acceptors (Lipinski definition) is 1. The molecule has 1 aromatic carbocycles. The molecule has 5 heteroatoms. The molecular formula is C15H22BrClN2S. The normalized spacial score (nSPS) is 12.3. The van der Waals surface area contributed by atoms with Crippen molar-refractivity contribution in [2.75, 3.05) is 5.32 Å². The van der Waals surface area contributed by atoms with E-state index in [9.17, 15) is 0 Å². The Morgan fingerprint density at radius 2 is 2.00 bits per heavy atom.